The van der Waals surface area contributed by atoms with Gasteiger partial charge in [0.2, 0.25) is 17.3 Å². The summed E-state index contributed by atoms with van der Waals surface area (Å²) in [6, 6.07) is 56.4. The van der Waals surface area contributed by atoms with Gasteiger partial charge < -0.3 is 0 Å². The lowest BCUT2D eigenvalue weighted by Crippen LogP contribution is -2.12. The average Bonchev–Trinajstić information content (AvgIpc) is 4.08. The highest BCUT2D eigenvalue weighted by molar-refractivity contribution is 5.99. The van der Waals surface area contributed by atoms with Crippen molar-refractivity contribution in [2.75, 3.05) is 0 Å². The Hall–Kier alpha value is -8.16. The van der Waals surface area contributed by atoms with Crippen molar-refractivity contribution in [3.8, 4) is 23.1 Å². The zero-order chi connectivity index (χ0) is 36.6. The fourth-order valence-electron chi connectivity index (χ4n) is 9.02. The van der Waals surface area contributed by atoms with E-state index in [2.05, 4.69) is 130 Å². The first-order valence-electron chi connectivity index (χ1n) is 18.5. The molecule has 0 saturated heterocycles. The Bertz CT molecular complexity index is 3850. The van der Waals surface area contributed by atoms with Crippen molar-refractivity contribution < 1.29 is 0 Å². The number of benzene rings is 7. The number of fused-ring (bicyclic) bond motifs is 15. The number of rotatable bonds is 3. The molecule has 0 aliphatic carbocycles. The van der Waals surface area contributed by atoms with E-state index in [1.165, 1.54) is 0 Å². The summed E-state index contributed by atoms with van der Waals surface area (Å²) in [5, 5.41) is 11.2. The zero-order valence-corrected chi connectivity index (χ0v) is 29.5. The molecule has 0 aliphatic rings. The molecule has 0 fully saturated rings. The van der Waals surface area contributed by atoms with Crippen molar-refractivity contribution in [3.63, 3.8) is 0 Å². The Morgan fingerprint density at radius 2 is 0.679 bits per heavy atom. The molecular formula is C46H26N10. The molecular weight excluding hydrogens is 693 g/mol. The van der Waals surface area contributed by atoms with Gasteiger partial charge >= 0.3 is 0 Å². The fraction of sp³-hybridized carbons (Fsp3) is 0. The van der Waals surface area contributed by atoms with E-state index in [0.29, 0.717) is 17.0 Å². The van der Waals surface area contributed by atoms with Crippen molar-refractivity contribution in [3.05, 3.63) is 163 Å². The summed E-state index contributed by atoms with van der Waals surface area (Å²) in [4.78, 5) is 15.9. The summed E-state index contributed by atoms with van der Waals surface area (Å²) >= 11 is 0. The van der Waals surface area contributed by atoms with Crippen molar-refractivity contribution >= 4 is 83.5 Å². The normalized spacial score (nSPS) is 12.3. The van der Waals surface area contributed by atoms with Crippen LogP contribution in [0.3, 0.4) is 0 Å². The Morgan fingerprint density at radius 1 is 0.339 bits per heavy atom. The molecule has 0 saturated carbocycles. The summed E-state index contributed by atoms with van der Waals surface area (Å²) in [6.45, 7) is 0. The first kappa shape index (κ1) is 29.3. The largest absolute Gasteiger partial charge is 0.276 e. The third kappa shape index (κ3) is 3.56. The number of aromatic nitrogens is 9. The third-order valence-corrected chi connectivity index (χ3v) is 11.3. The first-order chi connectivity index (χ1) is 27.8. The number of para-hydroxylation sites is 12. The monoisotopic (exact) mass is 718 g/mol. The molecule has 0 amide bonds. The average molecular weight is 719 g/mol. The molecule has 0 bridgehead atoms. The Morgan fingerprint density at radius 3 is 1.11 bits per heavy atom. The van der Waals surface area contributed by atoms with Gasteiger partial charge in [0.25, 0.3) is 0 Å². The Balaban J connectivity index is 1.31. The molecule has 0 atom stereocenters. The number of nitriles is 1. The van der Waals surface area contributed by atoms with Gasteiger partial charge in [0.15, 0.2) is 0 Å². The minimum atomic E-state index is 0.493. The van der Waals surface area contributed by atoms with Crippen LogP contribution in [0.15, 0.2) is 158 Å². The van der Waals surface area contributed by atoms with Gasteiger partial charge in [-0.2, -0.15) is 5.26 Å². The SMILES string of the molecule is N#Cc1ccc(-n2c3ccccc3n3c4ccccc4nc23)c(-n2c3ccccc3n3c4ccccc4nc23)c1-n1c2ccccc2n2c3ccccc3nc12. The molecule has 56 heavy (non-hydrogen) atoms. The summed E-state index contributed by atoms with van der Waals surface area (Å²) < 4.78 is 13.3. The van der Waals surface area contributed by atoms with Crippen LogP contribution in [-0.2, 0) is 0 Å². The van der Waals surface area contributed by atoms with Gasteiger partial charge in [0, 0.05) is 0 Å². The highest BCUT2D eigenvalue weighted by Crippen LogP contribution is 2.41. The van der Waals surface area contributed by atoms with Crippen molar-refractivity contribution in [2.45, 2.75) is 0 Å². The number of hydrogen-bond acceptors (Lipinski definition) is 4. The molecule has 0 radical (unpaired) electrons. The van der Waals surface area contributed by atoms with Gasteiger partial charge in [-0.05, 0) is 84.9 Å². The standard InChI is InChI=1S/C46H26N10/c47-27-28-25-26-41(54-36-20-8-7-19-35(36)51-32-16-4-1-13-29(32)48-44(51)54)43(56-40-24-12-10-22-38(40)53-34-18-6-3-15-31(34)50-46(53)56)42(28)55-39-23-11-9-21-37(39)52-33-17-5-2-14-30(33)49-45(52)55/h1-26H. The van der Waals surface area contributed by atoms with Crippen LogP contribution in [0.25, 0.3) is 101 Å². The molecule has 13 aromatic rings. The van der Waals surface area contributed by atoms with E-state index in [1.807, 2.05) is 60.7 Å². The number of nitrogens with zero attached hydrogens (tertiary/aromatic N) is 10. The van der Waals surface area contributed by atoms with Crippen LogP contribution in [0.4, 0.5) is 0 Å². The predicted molar refractivity (Wildman–Crippen MR) is 220 cm³/mol. The maximum atomic E-state index is 11.2. The third-order valence-electron chi connectivity index (χ3n) is 11.3. The van der Waals surface area contributed by atoms with E-state index < -0.39 is 0 Å². The van der Waals surface area contributed by atoms with Gasteiger partial charge in [-0.1, -0.05) is 72.8 Å². The van der Waals surface area contributed by atoms with Crippen LogP contribution in [-0.4, -0.2) is 41.9 Å². The van der Waals surface area contributed by atoms with Crippen LogP contribution in [0.5, 0.6) is 0 Å². The summed E-state index contributed by atoms with van der Waals surface area (Å²) in [6.07, 6.45) is 0. The Kier molecular flexibility index (Phi) is 5.49. The van der Waals surface area contributed by atoms with E-state index >= 15 is 0 Å². The predicted octanol–water partition coefficient (Wildman–Crippen LogP) is 9.79. The number of hydrogen-bond donors (Lipinski definition) is 0. The molecule has 6 heterocycles. The summed E-state index contributed by atoms with van der Waals surface area (Å²) in [7, 11) is 0. The lowest BCUT2D eigenvalue weighted by atomic mass is 10.1. The summed E-state index contributed by atoms with van der Waals surface area (Å²) in [5.41, 5.74) is 14.3. The van der Waals surface area contributed by atoms with Gasteiger partial charge in [0.1, 0.15) is 6.07 Å². The minimum absolute atomic E-state index is 0.493. The molecule has 260 valence electrons. The van der Waals surface area contributed by atoms with E-state index in [0.717, 1.165) is 89.1 Å². The second-order valence-electron chi connectivity index (χ2n) is 14.1. The zero-order valence-electron chi connectivity index (χ0n) is 29.5. The van der Waals surface area contributed by atoms with Crippen molar-refractivity contribution in [1.82, 2.24) is 41.9 Å². The van der Waals surface area contributed by atoms with Gasteiger partial charge in [-0.25, -0.2) is 15.0 Å². The maximum absolute atomic E-state index is 11.2. The molecule has 6 aromatic heterocycles. The second kappa shape index (κ2) is 10.5. The molecule has 13 rings (SSSR count). The van der Waals surface area contributed by atoms with Crippen molar-refractivity contribution in [2.24, 2.45) is 0 Å². The highest BCUT2D eigenvalue weighted by Gasteiger charge is 2.30. The minimum Gasteiger partial charge on any atom is -0.276 e. The van der Waals surface area contributed by atoms with Crippen LogP contribution >= 0.6 is 0 Å². The first-order valence-corrected chi connectivity index (χ1v) is 18.5. The molecule has 7 aromatic carbocycles. The lowest BCUT2D eigenvalue weighted by molar-refractivity contribution is 1.00. The molecule has 0 unspecified atom stereocenters. The van der Waals surface area contributed by atoms with E-state index in [-0.39, 0.29) is 0 Å². The van der Waals surface area contributed by atoms with Crippen LogP contribution < -0.4 is 0 Å². The fourth-order valence-corrected chi connectivity index (χ4v) is 9.02. The van der Waals surface area contributed by atoms with E-state index in [9.17, 15) is 5.26 Å². The summed E-state index contributed by atoms with van der Waals surface area (Å²) in [5.74, 6) is 2.20. The van der Waals surface area contributed by atoms with Crippen LogP contribution in [0.1, 0.15) is 5.56 Å². The topological polar surface area (TPSA) is 90.5 Å². The van der Waals surface area contributed by atoms with Crippen molar-refractivity contribution in [1.29, 1.82) is 5.26 Å². The second-order valence-corrected chi connectivity index (χ2v) is 14.1. The van der Waals surface area contributed by atoms with E-state index in [4.69, 9.17) is 15.0 Å². The van der Waals surface area contributed by atoms with Gasteiger partial charge in [-0.3, -0.25) is 26.9 Å². The Labute approximate surface area is 316 Å². The molecule has 0 spiro atoms. The molecule has 0 N–H and O–H groups in total. The molecule has 0 aliphatic heterocycles. The van der Waals surface area contributed by atoms with Gasteiger partial charge in [-0.15, -0.1) is 0 Å². The quantitative estimate of drug-likeness (QED) is 0.182. The molecule has 10 nitrogen and oxygen atoms in total. The van der Waals surface area contributed by atoms with Crippen LogP contribution in [0.2, 0.25) is 0 Å². The smallest absolute Gasteiger partial charge is 0.220 e. The highest BCUT2D eigenvalue weighted by atomic mass is 15.3. The lowest BCUT2D eigenvalue weighted by Gasteiger charge is -2.20. The number of imidazole rings is 6. The maximum Gasteiger partial charge on any atom is 0.220 e. The molecule has 10 heteroatoms. The van der Waals surface area contributed by atoms with Gasteiger partial charge in [0.05, 0.1) is 88.8 Å². The van der Waals surface area contributed by atoms with E-state index in [1.54, 1.807) is 0 Å². The van der Waals surface area contributed by atoms with Crippen LogP contribution in [0, 0.1) is 11.3 Å².